The van der Waals surface area contributed by atoms with Gasteiger partial charge in [-0.15, -0.1) is 0 Å². The molecule has 20 heavy (non-hydrogen) atoms. The van der Waals surface area contributed by atoms with E-state index in [9.17, 15) is 13.2 Å². The molecule has 0 spiro atoms. The lowest BCUT2D eigenvalue weighted by atomic mass is 10.5. The fraction of sp³-hybridized carbons (Fsp3) is 0.636. The molecule has 1 heterocycles. The van der Waals surface area contributed by atoms with Crippen LogP contribution in [0.2, 0.25) is 0 Å². The van der Waals surface area contributed by atoms with Crippen molar-refractivity contribution in [1.29, 1.82) is 0 Å². The van der Waals surface area contributed by atoms with Gasteiger partial charge in [-0.05, 0) is 6.92 Å². The molecule has 0 aliphatic carbocycles. The Bertz CT molecular complexity index is 553. The van der Waals surface area contributed by atoms with Crippen LogP contribution in [-0.2, 0) is 19.6 Å². The quantitative estimate of drug-likeness (QED) is 0.729. The average molecular weight is 304 g/mol. The fourth-order valence-corrected chi connectivity index (χ4v) is 3.00. The number of nitrogens with one attached hydrogen (secondary N) is 1. The number of aromatic nitrogens is 2. The van der Waals surface area contributed by atoms with E-state index in [4.69, 9.17) is 4.74 Å². The second kappa shape index (κ2) is 6.82. The number of rotatable bonds is 7. The highest BCUT2D eigenvalue weighted by atomic mass is 32.2. The molecule has 1 aromatic heterocycles. The molecule has 0 radical (unpaired) electrons. The van der Waals surface area contributed by atoms with Crippen LogP contribution in [0.3, 0.4) is 0 Å². The maximum atomic E-state index is 12.5. The molecule has 0 fully saturated rings. The van der Waals surface area contributed by atoms with Crippen molar-refractivity contribution < 1.29 is 17.9 Å². The third-order valence-electron chi connectivity index (χ3n) is 2.76. The molecule has 0 atom stereocenters. The van der Waals surface area contributed by atoms with Gasteiger partial charge in [0.05, 0.1) is 25.0 Å². The van der Waals surface area contributed by atoms with Gasteiger partial charge in [0.15, 0.2) is 0 Å². The molecule has 1 aromatic rings. The molecule has 0 aromatic carbocycles. The van der Waals surface area contributed by atoms with Crippen LogP contribution in [-0.4, -0.2) is 74.6 Å². The van der Waals surface area contributed by atoms with Crippen LogP contribution < -0.4 is 0 Å². The summed E-state index contributed by atoms with van der Waals surface area (Å²) in [5, 5.41) is 6.29. The minimum absolute atomic E-state index is 0.0696. The number of hydrogen-bond donors (Lipinski definition) is 1. The van der Waals surface area contributed by atoms with Crippen LogP contribution in [0.15, 0.2) is 11.1 Å². The summed E-state index contributed by atoms with van der Waals surface area (Å²) >= 11 is 0. The molecule has 9 heteroatoms. The molecule has 0 saturated carbocycles. The van der Waals surface area contributed by atoms with Gasteiger partial charge in [0.25, 0.3) is 0 Å². The van der Waals surface area contributed by atoms with E-state index in [1.807, 2.05) is 0 Å². The second-order valence-electron chi connectivity index (χ2n) is 4.48. The van der Waals surface area contributed by atoms with Crippen molar-refractivity contribution >= 4 is 15.9 Å². The molecule has 1 N–H and O–H groups in total. The number of aryl methyl sites for hydroxylation is 1. The Labute approximate surface area is 118 Å². The number of hydrogen-bond acceptors (Lipinski definition) is 5. The normalized spacial score (nSPS) is 11.8. The first kappa shape index (κ1) is 16.6. The highest BCUT2D eigenvalue weighted by Gasteiger charge is 2.29. The predicted molar refractivity (Wildman–Crippen MR) is 72.7 cm³/mol. The van der Waals surface area contributed by atoms with Crippen LogP contribution >= 0.6 is 0 Å². The summed E-state index contributed by atoms with van der Waals surface area (Å²) in [4.78, 5) is 13.2. The molecule has 0 unspecified atom stereocenters. The van der Waals surface area contributed by atoms with Crippen molar-refractivity contribution in [1.82, 2.24) is 19.4 Å². The van der Waals surface area contributed by atoms with Crippen LogP contribution in [0.5, 0.6) is 0 Å². The van der Waals surface area contributed by atoms with Crippen LogP contribution in [0, 0.1) is 6.92 Å². The molecule has 114 valence electrons. The van der Waals surface area contributed by atoms with Crippen LogP contribution in [0.1, 0.15) is 5.69 Å². The number of H-pyrrole nitrogens is 1. The number of carbonyl (C=O) groups is 1. The summed E-state index contributed by atoms with van der Waals surface area (Å²) in [7, 11) is 0.849. The Kier molecular flexibility index (Phi) is 5.66. The topological polar surface area (TPSA) is 95.6 Å². The molecule has 0 aliphatic heterocycles. The van der Waals surface area contributed by atoms with Crippen molar-refractivity contribution in [2.24, 2.45) is 0 Å². The first-order chi connectivity index (χ1) is 9.30. The third-order valence-corrected chi connectivity index (χ3v) is 4.72. The first-order valence-electron chi connectivity index (χ1n) is 6.00. The smallest absolute Gasteiger partial charge is 0.247 e. The number of nitrogens with zero attached hydrogens (tertiary/aromatic N) is 3. The van der Waals surface area contributed by atoms with Gasteiger partial charge < -0.3 is 9.64 Å². The van der Waals surface area contributed by atoms with Gasteiger partial charge in [-0.2, -0.15) is 9.40 Å². The van der Waals surface area contributed by atoms with E-state index in [2.05, 4.69) is 10.2 Å². The molecular formula is C11H20N4O4S. The zero-order valence-corrected chi connectivity index (χ0v) is 12.9. The molecule has 0 saturated heterocycles. The number of aromatic amines is 1. The number of sulfonamides is 1. The lowest BCUT2D eigenvalue weighted by Crippen LogP contribution is -2.41. The van der Waals surface area contributed by atoms with Crippen LogP contribution in [0.25, 0.3) is 0 Å². The molecule has 0 bridgehead atoms. The van der Waals surface area contributed by atoms with Gasteiger partial charge in [0.1, 0.15) is 4.90 Å². The summed E-state index contributed by atoms with van der Waals surface area (Å²) in [6.07, 6.45) is 1.24. The first-order valence-corrected chi connectivity index (χ1v) is 7.44. The summed E-state index contributed by atoms with van der Waals surface area (Å²) in [6, 6.07) is 0. The molecular weight excluding hydrogens is 284 g/mol. The Morgan fingerprint density at radius 2 is 2.10 bits per heavy atom. The van der Waals surface area contributed by atoms with Crippen molar-refractivity contribution in [3.8, 4) is 0 Å². The summed E-state index contributed by atoms with van der Waals surface area (Å²) in [5.41, 5.74) is 0.435. The number of carbonyl (C=O) groups excluding carboxylic acids is 1. The summed E-state index contributed by atoms with van der Waals surface area (Å²) in [5.74, 6) is -0.300. The maximum absolute atomic E-state index is 12.5. The average Bonchev–Trinajstić information content (AvgIpc) is 2.80. The highest BCUT2D eigenvalue weighted by molar-refractivity contribution is 7.89. The zero-order chi connectivity index (χ0) is 15.3. The molecule has 1 amide bonds. The van der Waals surface area contributed by atoms with E-state index < -0.39 is 10.0 Å². The van der Waals surface area contributed by atoms with Crippen LogP contribution in [0.4, 0.5) is 0 Å². The number of methoxy groups -OCH3 is 1. The summed E-state index contributed by atoms with van der Waals surface area (Å²) in [6.45, 7) is 1.69. The van der Waals surface area contributed by atoms with Gasteiger partial charge in [-0.3, -0.25) is 9.89 Å². The standard InChI is InChI=1S/C11H20N4O4S/c1-9-10(7-12-13-9)20(17,18)15(5-6-19-4)8-11(16)14(2)3/h7H,5-6,8H2,1-4H3,(H,12,13). The van der Waals surface area contributed by atoms with E-state index in [1.54, 1.807) is 21.0 Å². The van der Waals surface area contributed by atoms with Crippen molar-refractivity contribution in [2.75, 3.05) is 40.9 Å². The Balaban J connectivity index is 3.03. The minimum atomic E-state index is -3.78. The van der Waals surface area contributed by atoms with E-state index >= 15 is 0 Å². The monoisotopic (exact) mass is 304 g/mol. The van der Waals surface area contributed by atoms with Gasteiger partial charge >= 0.3 is 0 Å². The molecule has 0 aliphatic rings. The Morgan fingerprint density at radius 1 is 1.45 bits per heavy atom. The van der Waals surface area contributed by atoms with Gasteiger partial charge in [0, 0.05) is 27.7 Å². The minimum Gasteiger partial charge on any atom is -0.383 e. The van der Waals surface area contributed by atoms with E-state index in [0.29, 0.717) is 5.69 Å². The van der Waals surface area contributed by atoms with Gasteiger partial charge in [-0.25, -0.2) is 8.42 Å². The summed E-state index contributed by atoms with van der Waals surface area (Å²) < 4.78 is 31.0. The number of ether oxygens (including phenoxy) is 1. The third kappa shape index (κ3) is 3.78. The number of likely N-dealkylation sites (N-methyl/N-ethyl adjacent to an activating group) is 1. The second-order valence-corrected chi connectivity index (χ2v) is 6.39. The van der Waals surface area contributed by atoms with Gasteiger partial charge in [0.2, 0.25) is 15.9 Å². The van der Waals surface area contributed by atoms with Crippen molar-refractivity contribution in [3.05, 3.63) is 11.9 Å². The van der Waals surface area contributed by atoms with Crippen molar-refractivity contribution in [2.45, 2.75) is 11.8 Å². The Morgan fingerprint density at radius 3 is 2.55 bits per heavy atom. The van der Waals surface area contributed by atoms with E-state index in [-0.39, 0.29) is 30.5 Å². The SMILES string of the molecule is COCCN(CC(=O)N(C)C)S(=O)(=O)c1cn[nH]c1C. The zero-order valence-electron chi connectivity index (χ0n) is 12.1. The lowest BCUT2D eigenvalue weighted by Gasteiger charge is -2.22. The van der Waals surface area contributed by atoms with Crippen molar-refractivity contribution in [3.63, 3.8) is 0 Å². The maximum Gasteiger partial charge on any atom is 0.247 e. The highest BCUT2D eigenvalue weighted by Crippen LogP contribution is 2.17. The predicted octanol–water partition coefficient (Wildman–Crippen LogP) is -0.557. The molecule has 8 nitrogen and oxygen atoms in total. The van der Waals surface area contributed by atoms with E-state index in [0.717, 1.165) is 4.31 Å². The lowest BCUT2D eigenvalue weighted by molar-refractivity contribution is -0.128. The largest absolute Gasteiger partial charge is 0.383 e. The van der Waals surface area contributed by atoms with Gasteiger partial charge in [-0.1, -0.05) is 0 Å². The Hall–Kier alpha value is -1.45. The van der Waals surface area contributed by atoms with E-state index in [1.165, 1.54) is 18.2 Å². The number of amides is 1. The molecule has 1 rings (SSSR count). The fourth-order valence-electron chi connectivity index (χ4n) is 1.51.